The third-order valence-corrected chi connectivity index (χ3v) is 2.83. The summed E-state index contributed by atoms with van der Waals surface area (Å²) in [4.78, 5) is 22.3. The number of hydrogen-bond acceptors (Lipinski definition) is 4. The Balaban J connectivity index is 2.73. The first-order valence-electron chi connectivity index (χ1n) is 6.89. The number of carboxylic acid groups (broad SMARTS) is 1. The van der Waals surface area contributed by atoms with Gasteiger partial charge in [0.15, 0.2) is 11.5 Å². The standard InChI is InChI=1S/C15H21NO5/c1-3-4-5-8-21-13-9-11(6-7-12(13)20-2)15(19)16-10-14(17)18/h6-7,9H,3-5,8,10H2,1-2H3,(H,16,19)(H,17,18). The lowest BCUT2D eigenvalue weighted by Crippen LogP contribution is -2.29. The van der Waals surface area contributed by atoms with Crippen LogP contribution in [-0.2, 0) is 4.79 Å². The van der Waals surface area contributed by atoms with Crippen LogP contribution >= 0.6 is 0 Å². The second-order valence-electron chi connectivity index (χ2n) is 4.50. The third-order valence-electron chi connectivity index (χ3n) is 2.83. The van der Waals surface area contributed by atoms with E-state index in [1.54, 1.807) is 18.2 Å². The summed E-state index contributed by atoms with van der Waals surface area (Å²) in [5, 5.41) is 10.9. The van der Waals surface area contributed by atoms with Gasteiger partial charge in [-0.2, -0.15) is 0 Å². The van der Waals surface area contributed by atoms with Crippen LogP contribution in [0.25, 0.3) is 0 Å². The van der Waals surface area contributed by atoms with Gasteiger partial charge in [-0.05, 0) is 24.6 Å². The van der Waals surface area contributed by atoms with E-state index in [2.05, 4.69) is 12.2 Å². The molecule has 2 N–H and O–H groups in total. The molecule has 0 saturated heterocycles. The van der Waals surface area contributed by atoms with Crippen LogP contribution < -0.4 is 14.8 Å². The molecule has 0 aliphatic rings. The highest BCUT2D eigenvalue weighted by Crippen LogP contribution is 2.28. The fourth-order valence-corrected chi connectivity index (χ4v) is 1.72. The molecule has 0 atom stereocenters. The number of aliphatic carboxylic acids is 1. The van der Waals surface area contributed by atoms with Gasteiger partial charge in [0.05, 0.1) is 13.7 Å². The van der Waals surface area contributed by atoms with E-state index >= 15 is 0 Å². The molecular formula is C15H21NO5. The minimum absolute atomic E-state index is 0.336. The lowest BCUT2D eigenvalue weighted by molar-refractivity contribution is -0.135. The van der Waals surface area contributed by atoms with Crippen molar-refractivity contribution < 1.29 is 24.2 Å². The number of hydrogen-bond donors (Lipinski definition) is 2. The van der Waals surface area contributed by atoms with Gasteiger partial charge in [0, 0.05) is 5.56 Å². The molecule has 0 bridgehead atoms. The molecule has 0 spiro atoms. The zero-order valence-corrected chi connectivity index (χ0v) is 12.3. The molecule has 21 heavy (non-hydrogen) atoms. The number of rotatable bonds is 9. The summed E-state index contributed by atoms with van der Waals surface area (Å²) in [6.07, 6.45) is 3.09. The van der Waals surface area contributed by atoms with Crippen molar-refractivity contribution in [3.63, 3.8) is 0 Å². The van der Waals surface area contributed by atoms with E-state index in [1.165, 1.54) is 7.11 Å². The number of carboxylic acids is 1. The molecule has 0 saturated carbocycles. The monoisotopic (exact) mass is 295 g/mol. The summed E-state index contributed by atoms with van der Waals surface area (Å²) in [5.41, 5.74) is 0.336. The molecule has 6 nitrogen and oxygen atoms in total. The Morgan fingerprint density at radius 3 is 2.62 bits per heavy atom. The lowest BCUT2D eigenvalue weighted by Gasteiger charge is -2.12. The van der Waals surface area contributed by atoms with Crippen molar-refractivity contribution in [1.82, 2.24) is 5.32 Å². The topological polar surface area (TPSA) is 84.9 Å². The third kappa shape index (κ3) is 5.72. The summed E-state index contributed by atoms with van der Waals surface area (Å²) in [5.74, 6) is -0.524. The molecular weight excluding hydrogens is 274 g/mol. The Morgan fingerprint density at radius 1 is 1.24 bits per heavy atom. The Hall–Kier alpha value is -2.24. The zero-order chi connectivity index (χ0) is 15.7. The number of methoxy groups -OCH3 is 1. The van der Waals surface area contributed by atoms with Crippen molar-refractivity contribution >= 4 is 11.9 Å². The van der Waals surface area contributed by atoms with Crippen LogP contribution in [0.5, 0.6) is 11.5 Å². The van der Waals surface area contributed by atoms with Gasteiger partial charge in [-0.3, -0.25) is 9.59 Å². The Morgan fingerprint density at radius 2 is 2.00 bits per heavy atom. The fourth-order valence-electron chi connectivity index (χ4n) is 1.72. The van der Waals surface area contributed by atoms with Gasteiger partial charge in [0.25, 0.3) is 5.91 Å². The van der Waals surface area contributed by atoms with Gasteiger partial charge >= 0.3 is 5.97 Å². The normalized spacial score (nSPS) is 10.0. The summed E-state index contributed by atoms with van der Waals surface area (Å²) in [6, 6.07) is 4.75. The van der Waals surface area contributed by atoms with Crippen molar-refractivity contribution in [3.05, 3.63) is 23.8 Å². The summed E-state index contributed by atoms with van der Waals surface area (Å²) in [6.45, 7) is 2.23. The van der Waals surface area contributed by atoms with E-state index in [0.717, 1.165) is 19.3 Å². The first-order valence-corrected chi connectivity index (χ1v) is 6.89. The number of carbonyl (C=O) groups is 2. The minimum Gasteiger partial charge on any atom is -0.493 e. The molecule has 0 heterocycles. The van der Waals surface area contributed by atoms with E-state index < -0.39 is 18.4 Å². The molecule has 116 valence electrons. The molecule has 0 aromatic heterocycles. The number of amides is 1. The maximum atomic E-state index is 11.8. The maximum Gasteiger partial charge on any atom is 0.322 e. The molecule has 0 aliphatic carbocycles. The molecule has 0 fully saturated rings. The predicted octanol–water partition coefficient (Wildman–Crippen LogP) is 2.08. The molecule has 6 heteroatoms. The van der Waals surface area contributed by atoms with Gasteiger partial charge in [0.2, 0.25) is 0 Å². The maximum absolute atomic E-state index is 11.8. The molecule has 1 aromatic carbocycles. The van der Waals surface area contributed by atoms with Crippen LogP contribution in [-0.4, -0.2) is 37.2 Å². The predicted molar refractivity (Wildman–Crippen MR) is 78.0 cm³/mol. The molecule has 0 aliphatic heterocycles. The largest absolute Gasteiger partial charge is 0.493 e. The van der Waals surface area contributed by atoms with Crippen LogP contribution in [0.3, 0.4) is 0 Å². The van der Waals surface area contributed by atoms with Crippen molar-refractivity contribution in [2.24, 2.45) is 0 Å². The van der Waals surface area contributed by atoms with Crippen LogP contribution in [0.15, 0.2) is 18.2 Å². The molecule has 0 unspecified atom stereocenters. The molecule has 1 aromatic rings. The zero-order valence-electron chi connectivity index (χ0n) is 12.3. The van der Waals surface area contributed by atoms with Crippen LogP contribution in [0.4, 0.5) is 0 Å². The summed E-state index contributed by atoms with van der Waals surface area (Å²) in [7, 11) is 1.53. The van der Waals surface area contributed by atoms with Crippen molar-refractivity contribution in [1.29, 1.82) is 0 Å². The lowest BCUT2D eigenvalue weighted by atomic mass is 10.2. The first-order chi connectivity index (χ1) is 10.1. The van der Waals surface area contributed by atoms with Gasteiger partial charge in [0.1, 0.15) is 6.54 Å². The number of unbranched alkanes of at least 4 members (excludes halogenated alkanes) is 2. The SMILES string of the molecule is CCCCCOc1cc(C(=O)NCC(=O)O)ccc1OC. The number of benzene rings is 1. The van der Waals surface area contributed by atoms with E-state index in [0.29, 0.717) is 23.7 Å². The first kappa shape index (κ1) is 16.8. The molecule has 1 amide bonds. The molecule has 0 radical (unpaired) electrons. The quantitative estimate of drug-likeness (QED) is 0.681. The smallest absolute Gasteiger partial charge is 0.322 e. The Labute approximate surface area is 124 Å². The highest BCUT2D eigenvalue weighted by Gasteiger charge is 2.12. The summed E-state index contributed by atoms with van der Waals surface area (Å²) < 4.78 is 10.8. The van der Waals surface area contributed by atoms with E-state index in [1.807, 2.05) is 0 Å². The minimum atomic E-state index is -1.09. The fraction of sp³-hybridized carbons (Fsp3) is 0.467. The van der Waals surface area contributed by atoms with Crippen LogP contribution in [0, 0.1) is 0 Å². The van der Waals surface area contributed by atoms with E-state index in [-0.39, 0.29) is 0 Å². The van der Waals surface area contributed by atoms with Crippen molar-refractivity contribution in [2.75, 3.05) is 20.3 Å². The van der Waals surface area contributed by atoms with Crippen LogP contribution in [0.2, 0.25) is 0 Å². The summed E-state index contributed by atoms with van der Waals surface area (Å²) >= 11 is 0. The number of ether oxygens (including phenoxy) is 2. The Bertz CT molecular complexity index is 487. The van der Waals surface area contributed by atoms with E-state index in [4.69, 9.17) is 14.6 Å². The van der Waals surface area contributed by atoms with Gasteiger partial charge in [-0.15, -0.1) is 0 Å². The van der Waals surface area contributed by atoms with E-state index in [9.17, 15) is 9.59 Å². The molecule has 1 rings (SSSR count). The Kier molecular flexibility index (Phi) is 7.08. The van der Waals surface area contributed by atoms with Gasteiger partial charge in [-0.1, -0.05) is 19.8 Å². The average Bonchev–Trinajstić information content (AvgIpc) is 2.49. The second-order valence-corrected chi connectivity index (χ2v) is 4.50. The van der Waals surface area contributed by atoms with Gasteiger partial charge < -0.3 is 19.9 Å². The van der Waals surface area contributed by atoms with Gasteiger partial charge in [-0.25, -0.2) is 0 Å². The van der Waals surface area contributed by atoms with Crippen LogP contribution in [0.1, 0.15) is 36.5 Å². The highest BCUT2D eigenvalue weighted by atomic mass is 16.5. The highest BCUT2D eigenvalue weighted by molar-refractivity contribution is 5.96. The second kappa shape index (κ2) is 8.84. The van der Waals surface area contributed by atoms with Crippen molar-refractivity contribution in [3.8, 4) is 11.5 Å². The number of carbonyl (C=O) groups excluding carboxylic acids is 1. The number of nitrogens with one attached hydrogen (secondary N) is 1. The van der Waals surface area contributed by atoms with Crippen molar-refractivity contribution in [2.45, 2.75) is 26.2 Å². The average molecular weight is 295 g/mol.